The number of amides is 2. The van der Waals surface area contributed by atoms with Crippen LogP contribution in [0.15, 0.2) is 103 Å². The highest BCUT2D eigenvalue weighted by Crippen LogP contribution is 2.23. The molecule has 180 valence electrons. The first-order valence-electron chi connectivity index (χ1n) is 12.1. The van der Waals surface area contributed by atoms with Crippen LogP contribution in [0.3, 0.4) is 0 Å². The van der Waals surface area contributed by atoms with E-state index in [2.05, 4.69) is 18.2 Å². The highest BCUT2D eigenvalue weighted by atomic mass is 35.5. The molecule has 1 aliphatic heterocycles. The molecule has 0 unspecified atom stereocenters. The number of halogens is 1. The fourth-order valence-electron chi connectivity index (χ4n) is 4.58. The number of fused-ring (bicyclic) bond motifs is 1. The van der Waals surface area contributed by atoms with Crippen LogP contribution in [0.1, 0.15) is 32.6 Å². The van der Waals surface area contributed by atoms with Crippen molar-refractivity contribution in [1.29, 1.82) is 0 Å². The third-order valence-electron chi connectivity index (χ3n) is 6.61. The monoisotopic (exact) mass is 494 g/mol. The molecule has 36 heavy (non-hydrogen) atoms. The Morgan fingerprint density at radius 3 is 2.14 bits per heavy atom. The van der Waals surface area contributed by atoms with Gasteiger partial charge in [-0.3, -0.25) is 9.59 Å². The van der Waals surface area contributed by atoms with Gasteiger partial charge in [0.2, 0.25) is 5.91 Å². The lowest BCUT2D eigenvalue weighted by atomic mass is 9.99. The largest absolute Gasteiger partial charge is 0.338 e. The minimum atomic E-state index is -0.105. The zero-order valence-corrected chi connectivity index (χ0v) is 20.7. The predicted molar refractivity (Wildman–Crippen MR) is 144 cm³/mol. The third-order valence-corrected chi connectivity index (χ3v) is 6.86. The molecule has 0 spiro atoms. The van der Waals surface area contributed by atoms with Crippen molar-refractivity contribution in [1.82, 2.24) is 4.90 Å². The molecular weight excluding hydrogens is 468 g/mol. The number of rotatable bonds is 6. The number of benzene rings is 4. The molecule has 0 N–H and O–H groups in total. The molecule has 1 aliphatic rings. The van der Waals surface area contributed by atoms with Gasteiger partial charge >= 0.3 is 0 Å². The van der Waals surface area contributed by atoms with Crippen molar-refractivity contribution in [3.8, 4) is 0 Å². The highest BCUT2D eigenvalue weighted by molar-refractivity contribution is 6.30. The van der Waals surface area contributed by atoms with E-state index in [9.17, 15) is 9.59 Å². The fourth-order valence-corrected chi connectivity index (χ4v) is 4.71. The second-order valence-electron chi connectivity index (χ2n) is 9.06. The van der Waals surface area contributed by atoms with E-state index in [1.165, 1.54) is 11.1 Å². The van der Waals surface area contributed by atoms with Crippen molar-refractivity contribution in [2.45, 2.75) is 25.9 Å². The molecule has 0 saturated heterocycles. The molecule has 4 aromatic carbocycles. The summed E-state index contributed by atoms with van der Waals surface area (Å²) in [5.74, 6) is 0.0157. The molecule has 1 heterocycles. The number of carbonyl (C=O) groups is 2. The Morgan fingerprint density at radius 2 is 1.42 bits per heavy atom. The highest BCUT2D eigenvalue weighted by Gasteiger charge is 2.21. The Hall–Kier alpha value is -3.89. The van der Waals surface area contributed by atoms with Gasteiger partial charge < -0.3 is 9.80 Å². The van der Waals surface area contributed by atoms with Crippen LogP contribution < -0.4 is 4.90 Å². The number of nitrogens with zero attached hydrogens (tertiary/aromatic N) is 2. The fraction of sp³-hybridized carbons (Fsp3) is 0.161. The summed E-state index contributed by atoms with van der Waals surface area (Å²) in [5.41, 5.74) is 5.87. The first-order valence-corrected chi connectivity index (χ1v) is 12.5. The van der Waals surface area contributed by atoms with E-state index in [-0.39, 0.29) is 11.8 Å². The van der Waals surface area contributed by atoms with Crippen molar-refractivity contribution in [2.75, 3.05) is 11.4 Å². The van der Waals surface area contributed by atoms with Crippen LogP contribution in [0.2, 0.25) is 5.02 Å². The lowest BCUT2D eigenvalue weighted by Gasteiger charge is -2.29. The molecule has 0 atom stereocenters. The summed E-state index contributed by atoms with van der Waals surface area (Å²) in [6.45, 7) is 1.84. The van der Waals surface area contributed by atoms with Gasteiger partial charge in [0, 0.05) is 29.4 Å². The van der Waals surface area contributed by atoms with Crippen molar-refractivity contribution in [3.63, 3.8) is 0 Å². The Balaban J connectivity index is 1.32. The molecule has 4 aromatic rings. The lowest BCUT2D eigenvalue weighted by molar-refractivity contribution is -0.131. The van der Waals surface area contributed by atoms with Crippen molar-refractivity contribution in [2.24, 2.45) is 0 Å². The van der Waals surface area contributed by atoms with Gasteiger partial charge in [-0.25, -0.2) is 0 Å². The molecule has 0 saturated carbocycles. The summed E-state index contributed by atoms with van der Waals surface area (Å²) >= 11 is 6.03. The zero-order chi connectivity index (χ0) is 24.9. The minimum Gasteiger partial charge on any atom is -0.338 e. The van der Waals surface area contributed by atoms with Crippen LogP contribution in [-0.2, 0) is 30.7 Å². The van der Waals surface area contributed by atoms with Gasteiger partial charge in [-0.05, 0) is 65.1 Å². The predicted octanol–water partition coefficient (Wildman–Crippen LogP) is 6.31. The number of hydrogen-bond donors (Lipinski definition) is 0. The van der Waals surface area contributed by atoms with Crippen molar-refractivity contribution >= 4 is 29.1 Å². The van der Waals surface area contributed by atoms with Gasteiger partial charge in [-0.15, -0.1) is 0 Å². The smallest absolute Gasteiger partial charge is 0.258 e. The summed E-state index contributed by atoms with van der Waals surface area (Å²) in [6, 6.07) is 32.9. The molecular formula is C31H27ClN2O2. The summed E-state index contributed by atoms with van der Waals surface area (Å²) in [5, 5.41) is 0.590. The Bertz CT molecular complexity index is 1350. The Kier molecular flexibility index (Phi) is 7.15. The van der Waals surface area contributed by atoms with Crippen LogP contribution >= 0.6 is 11.6 Å². The van der Waals surface area contributed by atoms with Gasteiger partial charge in [-0.2, -0.15) is 0 Å². The van der Waals surface area contributed by atoms with Crippen LogP contribution in [-0.4, -0.2) is 23.3 Å². The number of hydrogen-bond acceptors (Lipinski definition) is 2. The van der Waals surface area contributed by atoms with Crippen LogP contribution in [0, 0.1) is 0 Å². The van der Waals surface area contributed by atoms with E-state index < -0.39 is 0 Å². The van der Waals surface area contributed by atoms with Gasteiger partial charge in [0.1, 0.15) is 0 Å². The molecule has 2 amide bonds. The lowest BCUT2D eigenvalue weighted by Crippen LogP contribution is -2.36. The third kappa shape index (κ3) is 5.50. The van der Waals surface area contributed by atoms with Gasteiger partial charge in [0.15, 0.2) is 0 Å². The van der Waals surface area contributed by atoms with Crippen LogP contribution in [0.4, 0.5) is 5.69 Å². The molecule has 0 aromatic heterocycles. The van der Waals surface area contributed by atoms with E-state index in [1.54, 1.807) is 29.2 Å². The van der Waals surface area contributed by atoms with Gasteiger partial charge in [0.25, 0.3) is 5.91 Å². The average Bonchev–Trinajstić information content (AvgIpc) is 2.92. The number of anilines is 1. The Labute approximate surface area is 216 Å². The molecule has 5 rings (SSSR count). The first-order chi connectivity index (χ1) is 17.6. The van der Waals surface area contributed by atoms with Gasteiger partial charge in [-0.1, -0.05) is 78.3 Å². The topological polar surface area (TPSA) is 40.6 Å². The maximum atomic E-state index is 13.5. The van der Waals surface area contributed by atoms with E-state index in [1.807, 2.05) is 65.6 Å². The van der Waals surface area contributed by atoms with Crippen LogP contribution in [0.25, 0.3) is 0 Å². The first kappa shape index (κ1) is 23.8. The molecule has 4 nitrogen and oxygen atoms in total. The molecule has 0 aliphatic carbocycles. The van der Waals surface area contributed by atoms with E-state index in [0.717, 1.165) is 29.8 Å². The quantitative estimate of drug-likeness (QED) is 0.315. The number of carbonyl (C=O) groups excluding carboxylic acids is 2. The van der Waals surface area contributed by atoms with E-state index >= 15 is 0 Å². The van der Waals surface area contributed by atoms with Gasteiger partial charge in [0.05, 0.1) is 13.0 Å². The molecule has 0 bridgehead atoms. The Morgan fingerprint density at radius 1 is 0.750 bits per heavy atom. The SMILES string of the molecule is O=C(Cc1ccc(N(Cc2ccccc2)C(=O)c2ccc(Cl)cc2)cc1)N1CCc2ccccc2C1. The normalized spacial score (nSPS) is 12.6. The zero-order valence-electron chi connectivity index (χ0n) is 19.9. The molecule has 5 heteroatoms. The second kappa shape index (κ2) is 10.8. The molecule has 0 radical (unpaired) electrons. The summed E-state index contributed by atoms with van der Waals surface area (Å²) in [4.78, 5) is 30.1. The second-order valence-corrected chi connectivity index (χ2v) is 9.50. The van der Waals surface area contributed by atoms with E-state index in [4.69, 9.17) is 11.6 Å². The molecule has 0 fully saturated rings. The van der Waals surface area contributed by atoms with Crippen molar-refractivity contribution in [3.05, 3.63) is 136 Å². The summed E-state index contributed by atoms with van der Waals surface area (Å²) in [6.07, 6.45) is 1.23. The summed E-state index contributed by atoms with van der Waals surface area (Å²) in [7, 11) is 0. The van der Waals surface area contributed by atoms with E-state index in [0.29, 0.717) is 30.1 Å². The van der Waals surface area contributed by atoms with Crippen LogP contribution in [0.5, 0.6) is 0 Å². The maximum absolute atomic E-state index is 13.5. The standard InChI is InChI=1S/C31H27ClN2O2/c32-28-14-12-26(13-15-28)31(36)34(21-24-6-2-1-3-7-24)29-16-10-23(11-17-29)20-30(35)33-19-18-25-8-4-5-9-27(25)22-33/h1-17H,18-22H2. The minimum absolute atomic E-state index is 0.105. The average molecular weight is 495 g/mol. The van der Waals surface area contributed by atoms with Crippen molar-refractivity contribution < 1.29 is 9.59 Å². The maximum Gasteiger partial charge on any atom is 0.258 e. The summed E-state index contributed by atoms with van der Waals surface area (Å²) < 4.78 is 0.